The minimum absolute atomic E-state index is 0.161. The summed E-state index contributed by atoms with van der Waals surface area (Å²) >= 11 is 0. The number of anilines is 1. The molecule has 0 spiro atoms. The summed E-state index contributed by atoms with van der Waals surface area (Å²) in [4.78, 5) is 36.2. The number of hydrogen-bond acceptors (Lipinski definition) is 5. The largest absolute Gasteiger partial charge is 0.484 e. The van der Waals surface area contributed by atoms with E-state index in [1.165, 1.54) is 6.21 Å². The van der Waals surface area contributed by atoms with Crippen LogP contribution in [-0.4, -0.2) is 30.5 Å². The van der Waals surface area contributed by atoms with E-state index < -0.39 is 11.8 Å². The van der Waals surface area contributed by atoms with Gasteiger partial charge in [0, 0.05) is 12.2 Å². The Balaban J connectivity index is 1.47. The van der Waals surface area contributed by atoms with Gasteiger partial charge in [0.2, 0.25) is 0 Å². The monoisotopic (exact) mass is 472 g/mol. The van der Waals surface area contributed by atoms with Crippen LogP contribution in [0.1, 0.15) is 27.8 Å². The van der Waals surface area contributed by atoms with E-state index in [0.29, 0.717) is 11.3 Å². The molecule has 0 bridgehead atoms. The lowest BCUT2D eigenvalue weighted by Gasteiger charge is -2.13. The summed E-state index contributed by atoms with van der Waals surface area (Å²) in [5, 5.41) is 9.24. The summed E-state index contributed by atoms with van der Waals surface area (Å²) in [6.07, 6.45) is 1.38. The van der Waals surface area contributed by atoms with Crippen molar-refractivity contribution in [2.45, 2.75) is 27.3 Å². The number of ether oxygens (including phenoxy) is 1. The Morgan fingerprint density at radius 1 is 0.886 bits per heavy atom. The van der Waals surface area contributed by atoms with Gasteiger partial charge in [0.25, 0.3) is 5.91 Å². The van der Waals surface area contributed by atoms with Crippen LogP contribution in [0.3, 0.4) is 0 Å². The van der Waals surface area contributed by atoms with Gasteiger partial charge >= 0.3 is 11.8 Å². The lowest BCUT2D eigenvalue weighted by molar-refractivity contribution is -0.139. The van der Waals surface area contributed by atoms with Crippen molar-refractivity contribution in [1.29, 1.82) is 0 Å². The molecule has 3 aromatic carbocycles. The van der Waals surface area contributed by atoms with Crippen molar-refractivity contribution < 1.29 is 19.1 Å². The predicted molar refractivity (Wildman–Crippen MR) is 135 cm³/mol. The summed E-state index contributed by atoms with van der Waals surface area (Å²) < 4.78 is 5.60. The number of hydrazone groups is 1. The third kappa shape index (κ3) is 7.82. The van der Waals surface area contributed by atoms with Gasteiger partial charge in [0.1, 0.15) is 5.75 Å². The van der Waals surface area contributed by atoms with Gasteiger partial charge in [-0.05, 0) is 55.2 Å². The summed E-state index contributed by atoms with van der Waals surface area (Å²) in [5.74, 6) is -1.46. The molecule has 0 aromatic heterocycles. The maximum absolute atomic E-state index is 12.4. The summed E-state index contributed by atoms with van der Waals surface area (Å²) in [6.45, 7) is 5.99. The minimum Gasteiger partial charge on any atom is -0.484 e. The molecule has 35 heavy (non-hydrogen) atoms. The fraction of sp³-hybridized carbons (Fsp3) is 0.185. The smallest absolute Gasteiger partial charge is 0.329 e. The molecule has 8 heteroatoms. The number of benzene rings is 3. The van der Waals surface area contributed by atoms with Crippen molar-refractivity contribution in [2.24, 2.45) is 5.10 Å². The Morgan fingerprint density at radius 3 is 2.31 bits per heavy atom. The molecular formula is C27H28N4O4. The number of aryl methyl sites for hydroxylation is 3. The molecule has 8 nitrogen and oxygen atoms in total. The number of nitrogens with zero attached hydrogens (tertiary/aromatic N) is 1. The Hall–Kier alpha value is -4.46. The normalized spacial score (nSPS) is 10.6. The van der Waals surface area contributed by atoms with E-state index in [-0.39, 0.29) is 19.1 Å². The van der Waals surface area contributed by atoms with Crippen LogP contribution in [0.15, 0.2) is 71.8 Å². The number of rotatable bonds is 8. The lowest BCUT2D eigenvalue weighted by Crippen LogP contribution is -2.37. The van der Waals surface area contributed by atoms with Crippen LogP contribution in [0.2, 0.25) is 0 Å². The molecule has 0 saturated carbocycles. The SMILES string of the molecule is Cc1cc(C)c(NC(=O)COc2cccc(C=NNC(=O)C(=O)NCc3ccccc3)c2)c(C)c1. The van der Waals surface area contributed by atoms with E-state index >= 15 is 0 Å². The maximum Gasteiger partial charge on any atom is 0.329 e. The molecule has 3 rings (SSSR count). The van der Waals surface area contributed by atoms with Crippen molar-refractivity contribution in [3.63, 3.8) is 0 Å². The van der Waals surface area contributed by atoms with E-state index in [4.69, 9.17) is 4.74 Å². The predicted octanol–water partition coefficient (Wildman–Crippen LogP) is 3.40. The molecule has 0 aliphatic heterocycles. The summed E-state index contributed by atoms with van der Waals surface area (Å²) in [5.41, 5.74) is 7.60. The zero-order valence-corrected chi connectivity index (χ0v) is 19.9. The first kappa shape index (κ1) is 25.2. The summed E-state index contributed by atoms with van der Waals surface area (Å²) in [6, 6.07) is 20.1. The molecule has 0 heterocycles. The highest BCUT2D eigenvalue weighted by Crippen LogP contribution is 2.22. The van der Waals surface area contributed by atoms with E-state index in [1.54, 1.807) is 24.3 Å². The fourth-order valence-electron chi connectivity index (χ4n) is 3.46. The van der Waals surface area contributed by atoms with Gasteiger partial charge in [0.15, 0.2) is 6.61 Å². The van der Waals surface area contributed by atoms with Crippen LogP contribution >= 0.6 is 0 Å². The second kappa shape index (κ2) is 12.1. The highest BCUT2D eigenvalue weighted by Gasteiger charge is 2.12. The number of carbonyl (C=O) groups excluding carboxylic acids is 3. The van der Waals surface area contributed by atoms with E-state index in [0.717, 1.165) is 27.9 Å². The highest BCUT2D eigenvalue weighted by molar-refractivity contribution is 6.35. The standard InChI is InChI=1S/C27H28N4O4/c1-18-12-19(2)25(20(3)13-18)30-24(32)17-35-23-11-7-10-22(14-23)16-29-31-27(34)26(33)28-15-21-8-5-4-6-9-21/h4-14,16H,15,17H2,1-3H3,(H,28,33)(H,30,32)(H,31,34). The third-order valence-electron chi connectivity index (χ3n) is 5.05. The van der Waals surface area contributed by atoms with Gasteiger partial charge in [-0.1, -0.05) is 60.2 Å². The number of carbonyl (C=O) groups is 3. The number of hydrogen-bond donors (Lipinski definition) is 3. The van der Waals surface area contributed by atoms with E-state index in [2.05, 4.69) is 21.2 Å². The van der Waals surface area contributed by atoms with Crippen LogP contribution < -0.4 is 20.8 Å². The van der Waals surface area contributed by atoms with E-state index in [1.807, 2.05) is 63.2 Å². The molecule has 3 N–H and O–H groups in total. The Morgan fingerprint density at radius 2 is 1.60 bits per heavy atom. The zero-order valence-electron chi connectivity index (χ0n) is 19.9. The fourth-order valence-corrected chi connectivity index (χ4v) is 3.46. The number of nitrogens with one attached hydrogen (secondary N) is 3. The van der Waals surface area contributed by atoms with Crippen molar-refractivity contribution in [1.82, 2.24) is 10.7 Å². The Labute approximate surface area is 204 Å². The average Bonchev–Trinajstić information content (AvgIpc) is 2.84. The van der Waals surface area contributed by atoms with Crippen molar-refractivity contribution in [2.75, 3.05) is 11.9 Å². The maximum atomic E-state index is 12.4. The van der Waals surface area contributed by atoms with Gasteiger partial charge in [-0.3, -0.25) is 14.4 Å². The molecule has 3 amide bonds. The molecular weight excluding hydrogens is 444 g/mol. The molecule has 0 unspecified atom stereocenters. The second-order valence-corrected chi connectivity index (χ2v) is 8.05. The third-order valence-corrected chi connectivity index (χ3v) is 5.05. The molecule has 0 fully saturated rings. The van der Waals surface area contributed by atoms with Crippen LogP contribution in [0, 0.1) is 20.8 Å². The molecule has 0 atom stereocenters. The highest BCUT2D eigenvalue weighted by atomic mass is 16.5. The van der Waals surface area contributed by atoms with Crippen molar-refractivity contribution in [3.05, 3.63) is 94.5 Å². The second-order valence-electron chi connectivity index (χ2n) is 8.05. The van der Waals surface area contributed by atoms with Gasteiger partial charge in [0.05, 0.1) is 6.21 Å². The van der Waals surface area contributed by atoms with Crippen molar-refractivity contribution in [3.8, 4) is 5.75 Å². The Bertz CT molecular complexity index is 1220. The first-order valence-electron chi connectivity index (χ1n) is 11.1. The van der Waals surface area contributed by atoms with Gasteiger partial charge in [-0.2, -0.15) is 5.10 Å². The molecule has 3 aromatic rings. The zero-order chi connectivity index (χ0) is 25.2. The van der Waals surface area contributed by atoms with Crippen LogP contribution in [-0.2, 0) is 20.9 Å². The number of amides is 3. The molecule has 0 saturated heterocycles. The van der Waals surface area contributed by atoms with Crippen LogP contribution in [0.5, 0.6) is 5.75 Å². The summed E-state index contributed by atoms with van der Waals surface area (Å²) in [7, 11) is 0. The first-order valence-corrected chi connectivity index (χ1v) is 11.1. The van der Waals surface area contributed by atoms with Gasteiger partial charge in [-0.15, -0.1) is 0 Å². The quantitative estimate of drug-likeness (QED) is 0.265. The molecule has 0 aliphatic carbocycles. The van der Waals surface area contributed by atoms with Gasteiger partial charge < -0.3 is 15.4 Å². The van der Waals surface area contributed by atoms with Crippen LogP contribution in [0.4, 0.5) is 5.69 Å². The average molecular weight is 473 g/mol. The topological polar surface area (TPSA) is 109 Å². The molecule has 0 radical (unpaired) electrons. The van der Waals surface area contributed by atoms with Gasteiger partial charge in [-0.25, -0.2) is 5.43 Å². The first-order chi connectivity index (χ1) is 16.8. The molecule has 0 aliphatic rings. The van der Waals surface area contributed by atoms with Crippen LogP contribution in [0.25, 0.3) is 0 Å². The lowest BCUT2D eigenvalue weighted by atomic mass is 10.1. The molecule has 180 valence electrons. The van der Waals surface area contributed by atoms with E-state index in [9.17, 15) is 14.4 Å². The minimum atomic E-state index is -0.872. The van der Waals surface area contributed by atoms with Crippen molar-refractivity contribution >= 4 is 29.6 Å². The Kier molecular flexibility index (Phi) is 8.72.